The molecule has 0 saturated carbocycles. The number of benzene rings is 2. The van der Waals surface area contributed by atoms with Crippen molar-refractivity contribution in [3.63, 3.8) is 0 Å². The number of aryl methyl sites for hydroxylation is 1. The van der Waals surface area contributed by atoms with Gasteiger partial charge in [-0.05, 0) is 55.3 Å². The van der Waals surface area contributed by atoms with Crippen molar-refractivity contribution in [1.29, 1.82) is 5.26 Å². The van der Waals surface area contributed by atoms with Gasteiger partial charge >= 0.3 is 0 Å². The minimum atomic E-state index is -0.500. The SMILES string of the molecule is Cc1ccc(C(N)=O)cc1NC1CCN(c2ccc(C#N)cc2)C1=O. The van der Waals surface area contributed by atoms with Crippen molar-refractivity contribution in [2.24, 2.45) is 5.73 Å². The standard InChI is InChI=1S/C19H18N4O2/c1-12-2-5-14(18(21)24)10-17(12)22-16-8-9-23(19(16)25)15-6-3-13(11-20)4-7-15/h2-7,10,16,22H,8-9H2,1H3,(H2,21,24). The van der Waals surface area contributed by atoms with Crippen LogP contribution in [-0.4, -0.2) is 24.4 Å². The van der Waals surface area contributed by atoms with Gasteiger partial charge in [0.25, 0.3) is 0 Å². The molecule has 2 amide bonds. The Kier molecular flexibility index (Phi) is 4.40. The van der Waals surface area contributed by atoms with Gasteiger partial charge in [-0.3, -0.25) is 9.59 Å². The number of nitriles is 1. The zero-order valence-corrected chi connectivity index (χ0v) is 13.8. The number of hydrogen-bond donors (Lipinski definition) is 2. The number of hydrogen-bond acceptors (Lipinski definition) is 4. The number of carbonyl (C=O) groups is 2. The molecule has 6 heteroatoms. The summed E-state index contributed by atoms with van der Waals surface area (Å²) in [5.41, 5.74) is 8.74. The number of nitrogens with two attached hydrogens (primary N) is 1. The normalized spacial score (nSPS) is 16.6. The van der Waals surface area contributed by atoms with Gasteiger partial charge in [-0.25, -0.2) is 0 Å². The van der Waals surface area contributed by atoms with E-state index in [1.165, 1.54) is 0 Å². The lowest BCUT2D eigenvalue weighted by Crippen LogP contribution is -2.33. The van der Waals surface area contributed by atoms with Crippen molar-refractivity contribution in [2.75, 3.05) is 16.8 Å². The summed E-state index contributed by atoms with van der Waals surface area (Å²) >= 11 is 0. The first-order chi connectivity index (χ1) is 12.0. The molecule has 2 aromatic rings. The summed E-state index contributed by atoms with van der Waals surface area (Å²) in [6.07, 6.45) is 0.652. The maximum Gasteiger partial charge on any atom is 0.249 e. The van der Waals surface area contributed by atoms with E-state index in [9.17, 15) is 9.59 Å². The van der Waals surface area contributed by atoms with Crippen molar-refractivity contribution in [3.8, 4) is 6.07 Å². The molecule has 1 saturated heterocycles. The van der Waals surface area contributed by atoms with Gasteiger partial charge in [0.05, 0.1) is 11.6 Å². The van der Waals surface area contributed by atoms with Crippen LogP contribution in [0.2, 0.25) is 0 Å². The van der Waals surface area contributed by atoms with Crippen LogP contribution in [0.3, 0.4) is 0 Å². The van der Waals surface area contributed by atoms with E-state index in [4.69, 9.17) is 11.0 Å². The largest absolute Gasteiger partial charge is 0.373 e. The summed E-state index contributed by atoms with van der Waals surface area (Å²) in [4.78, 5) is 25.8. The van der Waals surface area contributed by atoms with Crippen molar-refractivity contribution >= 4 is 23.2 Å². The van der Waals surface area contributed by atoms with E-state index in [0.717, 1.165) is 16.9 Å². The molecule has 1 heterocycles. The second kappa shape index (κ2) is 6.65. The van der Waals surface area contributed by atoms with Crippen LogP contribution in [0.1, 0.15) is 27.9 Å². The zero-order valence-electron chi connectivity index (χ0n) is 13.8. The zero-order chi connectivity index (χ0) is 18.0. The Bertz CT molecular complexity index is 868. The lowest BCUT2D eigenvalue weighted by Gasteiger charge is -2.19. The highest BCUT2D eigenvalue weighted by molar-refractivity contribution is 6.01. The number of rotatable bonds is 4. The first-order valence-corrected chi connectivity index (χ1v) is 7.98. The fourth-order valence-corrected chi connectivity index (χ4v) is 2.90. The summed E-state index contributed by atoms with van der Waals surface area (Å²) in [5, 5.41) is 12.1. The third kappa shape index (κ3) is 3.31. The van der Waals surface area contributed by atoms with Gasteiger partial charge in [0.1, 0.15) is 6.04 Å². The lowest BCUT2D eigenvalue weighted by atomic mass is 10.1. The molecule has 1 atom stereocenters. The Balaban J connectivity index is 1.77. The average molecular weight is 334 g/mol. The summed E-state index contributed by atoms with van der Waals surface area (Å²) in [6.45, 7) is 2.50. The van der Waals surface area contributed by atoms with Gasteiger partial charge in [-0.15, -0.1) is 0 Å². The van der Waals surface area contributed by atoms with Crippen LogP contribution in [-0.2, 0) is 4.79 Å². The fourth-order valence-electron chi connectivity index (χ4n) is 2.90. The molecule has 126 valence electrons. The summed E-state index contributed by atoms with van der Waals surface area (Å²) < 4.78 is 0. The van der Waals surface area contributed by atoms with Crippen LogP contribution in [0.5, 0.6) is 0 Å². The highest BCUT2D eigenvalue weighted by atomic mass is 16.2. The Labute approximate surface area is 145 Å². The molecule has 0 spiro atoms. The Morgan fingerprint density at radius 1 is 1.28 bits per heavy atom. The molecule has 6 nitrogen and oxygen atoms in total. The quantitative estimate of drug-likeness (QED) is 0.895. The second-order valence-electron chi connectivity index (χ2n) is 6.03. The van der Waals surface area contributed by atoms with Gasteiger partial charge in [-0.1, -0.05) is 6.07 Å². The monoisotopic (exact) mass is 334 g/mol. The number of anilines is 2. The smallest absolute Gasteiger partial charge is 0.249 e. The first-order valence-electron chi connectivity index (χ1n) is 7.98. The third-order valence-electron chi connectivity index (χ3n) is 4.37. The maximum absolute atomic E-state index is 12.7. The molecule has 0 radical (unpaired) electrons. The number of amides is 2. The molecular formula is C19H18N4O2. The third-order valence-corrected chi connectivity index (χ3v) is 4.37. The molecule has 25 heavy (non-hydrogen) atoms. The van der Waals surface area contributed by atoms with Gasteiger partial charge in [0.2, 0.25) is 11.8 Å². The fraction of sp³-hybridized carbons (Fsp3) is 0.211. The molecule has 1 fully saturated rings. The molecule has 1 aliphatic rings. The predicted molar refractivity (Wildman–Crippen MR) is 95.2 cm³/mol. The predicted octanol–water partition coefficient (Wildman–Crippen LogP) is 2.18. The van der Waals surface area contributed by atoms with E-state index in [1.807, 2.05) is 6.92 Å². The molecular weight excluding hydrogens is 316 g/mol. The highest BCUT2D eigenvalue weighted by Crippen LogP contribution is 2.25. The van der Waals surface area contributed by atoms with Crippen LogP contribution in [0.4, 0.5) is 11.4 Å². The average Bonchev–Trinajstić information content (AvgIpc) is 2.97. The van der Waals surface area contributed by atoms with Crippen LogP contribution in [0, 0.1) is 18.3 Å². The van der Waals surface area contributed by atoms with Gasteiger partial charge in [0, 0.05) is 23.5 Å². The Morgan fingerprint density at radius 2 is 2.00 bits per heavy atom. The Hall–Kier alpha value is -3.33. The number of carbonyl (C=O) groups excluding carboxylic acids is 2. The molecule has 1 unspecified atom stereocenters. The number of nitrogens with one attached hydrogen (secondary N) is 1. The minimum Gasteiger partial charge on any atom is -0.373 e. The second-order valence-corrected chi connectivity index (χ2v) is 6.03. The van der Waals surface area contributed by atoms with Crippen molar-refractivity contribution < 1.29 is 9.59 Å². The molecule has 0 bridgehead atoms. The van der Waals surface area contributed by atoms with E-state index in [2.05, 4.69) is 11.4 Å². The van der Waals surface area contributed by atoms with Crippen LogP contribution in [0.25, 0.3) is 0 Å². The lowest BCUT2D eigenvalue weighted by molar-refractivity contribution is -0.117. The van der Waals surface area contributed by atoms with E-state index in [-0.39, 0.29) is 11.9 Å². The molecule has 3 N–H and O–H groups in total. The minimum absolute atomic E-state index is 0.0337. The molecule has 2 aromatic carbocycles. The van der Waals surface area contributed by atoms with Crippen LogP contribution >= 0.6 is 0 Å². The molecule has 0 aliphatic carbocycles. The first kappa shape index (κ1) is 16.5. The van der Waals surface area contributed by atoms with Crippen LogP contribution < -0.4 is 16.0 Å². The highest BCUT2D eigenvalue weighted by Gasteiger charge is 2.32. The Morgan fingerprint density at radius 3 is 2.64 bits per heavy atom. The topological polar surface area (TPSA) is 99.2 Å². The summed E-state index contributed by atoms with van der Waals surface area (Å²) in [5.74, 6) is -0.534. The van der Waals surface area contributed by atoms with Crippen molar-refractivity contribution in [3.05, 3.63) is 59.2 Å². The van der Waals surface area contributed by atoms with E-state index >= 15 is 0 Å². The van der Waals surface area contributed by atoms with E-state index < -0.39 is 5.91 Å². The summed E-state index contributed by atoms with van der Waals surface area (Å²) in [6, 6.07) is 13.8. The van der Waals surface area contributed by atoms with Gasteiger partial charge < -0.3 is 16.0 Å². The molecule has 3 rings (SSSR count). The number of nitrogens with zero attached hydrogens (tertiary/aromatic N) is 2. The van der Waals surface area contributed by atoms with Crippen molar-refractivity contribution in [1.82, 2.24) is 0 Å². The maximum atomic E-state index is 12.7. The number of primary amides is 1. The molecule has 1 aliphatic heterocycles. The van der Waals surface area contributed by atoms with E-state index in [0.29, 0.717) is 24.1 Å². The summed E-state index contributed by atoms with van der Waals surface area (Å²) in [7, 11) is 0. The van der Waals surface area contributed by atoms with E-state index in [1.54, 1.807) is 47.4 Å². The van der Waals surface area contributed by atoms with Crippen LogP contribution in [0.15, 0.2) is 42.5 Å². The van der Waals surface area contributed by atoms with Gasteiger partial charge in [0.15, 0.2) is 0 Å². The van der Waals surface area contributed by atoms with Gasteiger partial charge in [-0.2, -0.15) is 5.26 Å². The van der Waals surface area contributed by atoms with Crippen molar-refractivity contribution in [2.45, 2.75) is 19.4 Å². The molecule has 0 aromatic heterocycles.